The third-order valence-corrected chi connectivity index (χ3v) is 9.85. The van der Waals surface area contributed by atoms with Gasteiger partial charge in [-0.2, -0.15) is 0 Å². The monoisotopic (exact) mass is 801 g/mol. The number of aldehydes is 1. The molecule has 14 heteroatoms. The van der Waals surface area contributed by atoms with Gasteiger partial charge >= 0.3 is 77.4 Å². The van der Waals surface area contributed by atoms with Crippen LogP contribution >= 0.6 is 0 Å². The first-order valence-corrected chi connectivity index (χ1v) is 16.4. The molecule has 4 heterocycles. The van der Waals surface area contributed by atoms with Crippen LogP contribution in [-0.4, -0.2) is 71.4 Å². The molecule has 2 atom stereocenters. The SMILES string of the molecule is CC.CN.Cc1c(F)cc2nc3c(c4c2c1CCC4)Cn1c-3cc2c(c1=O)COC(=O)C2O.NC(C=O)([CH2][Pb])C(F)(F)F. The first-order chi connectivity index (χ1) is 20.3. The van der Waals surface area contributed by atoms with Crippen LogP contribution in [-0.2, 0) is 40.3 Å². The second-order valence-corrected chi connectivity index (χ2v) is 11.2. The van der Waals surface area contributed by atoms with Crippen molar-refractivity contribution < 1.29 is 37.0 Å². The number of benzene rings is 1. The van der Waals surface area contributed by atoms with Crippen LogP contribution in [0.25, 0.3) is 22.3 Å². The van der Waals surface area contributed by atoms with Gasteiger partial charge in [0.05, 0.1) is 29.0 Å². The number of rotatable bonds is 2. The Morgan fingerprint density at radius 1 is 1.14 bits per heavy atom. The van der Waals surface area contributed by atoms with E-state index in [-0.39, 0.29) is 59.6 Å². The molecule has 1 aromatic carbocycles. The molecule has 0 spiro atoms. The fraction of sp³-hybridized carbons (Fsp3) is 0.448. The van der Waals surface area contributed by atoms with E-state index in [1.165, 1.54) is 13.1 Å². The first kappa shape index (κ1) is 34.7. The van der Waals surface area contributed by atoms with Crippen LogP contribution in [0.1, 0.15) is 59.8 Å². The summed E-state index contributed by atoms with van der Waals surface area (Å²) >= 11 is 0.261. The Hall–Kier alpha value is -2.76. The van der Waals surface area contributed by atoms with Crippen LogP contribution in [0.15, 0.2) is 16.9 Å². The second kappa shape index (κ2) is 13.5. The zero-order valence-electron chi connectivity index (χ0n) is 24.2. The van der Waals surface area contributed by atoms with Crippen LogP contribution in [0.4, 0.5) is 17.6 Å². The van der Waals surface area contributed by atoms with Gasteiger partial charge < -0.3 is 20.1 Å². The molecule has 0 bridgehead atoms. The van der Waals surface area contributed by atoms with Gasteiger partial charge in [0.2, 0.25) is 0 Å². The number of fused-ring (bicyclic) bond motifs is 5. The number of carbonyl (C=O) groups is 2. The van der Waals surface area contributed by atoms with E-state index in [0.29, 0.717) is 34.6 Å². The number of esters is 1. The summed E-state index contributed by atoms with van der Waals surface area (Å²) in [7, 11) is 1.50. The Labute approximate surface area is 261 Å². The van der Waals surface area contributed by atoms with Gasteiger partial charge in [-0.15, -0.1) is 0 Å². The van der Waals surface area contributed by atoms with Crippen LogP contribution in [0.2, 0.25) is 3.98 Å². The molecule has 0 saturated heterocycles. The normalized spacial score (nSPS) is 17.3. The summed E-state index contributed by atoms with van der Waals surface area (Å²) < 4.78 is 56.1. The molecule has 6 rings (SSSR count). The number of nitrogens with two attached hydrogens (primary N) is 2. The third kappa shape index (κ3) is 6.00. The van der Waals surface area contributed by atoms with Crippen molar-refractivity contribution in [3.8, 4) is 11.4 Å². The molecule has 2 aromatic heterocycles. The van der Waals surface area contributed by atoms with Crippen molar-refractivity contribution in [3.05, 3.63) is 61.7 Å². The summed E-state index contributed by atoms with van der Waals surface area (Å²) in [6.45, 7) is 6.05. The average molecular weight is 801 g/mol. The van der Waals surface area contributed by atoms with Crippen molar-refractivity contribution >= 4 is 48.9 Å². The first-order valence-electron chi connectivity index (χ1n) is 13.6. The van der Waals surface area contributed by atoms with Crippen LogP contribution in [0.3, 0.4) is 0 Å². The molecule has 2 aliphatic heterocycles. The number of aliphatic hydroxyl groups is 1. The van der Waals surface area contributed by atoms with Crippen molar-refractivity contribution in [3.63, 3.8) is 0 Å². The molecule has 3 radical (unpaired) electrons. The topological polar surface area (TPSA) is 151 Å². The zero-order chi connectivity index (χ0) is 32.4. The van der Waals surface area contributed by atoms with Crippen molar-refractivity contribution in [2.75, 3.05) is 7.05 Å². The van der Waals surface area contributed by atoms with E-state index in [2.05, 4.69) is 5.73 Å². The van der Waals surface area contributed by atoms with E-state index < -0.39 is 23.8 Å². The second-order valence-electron chi connectivity index (χ2n) is 9.82. The van der Waals surface area contributed by atoms with Crippen molar-refractivity contribution in [1.29, 1.82) is 0 Å². The Morgan fingerprint density at radius 2 is 1.77 bits per heavy atom. The van der Waals surface area contributed by atoms with Gasteiger partial charge in [0, 0.05) is 22.6 Å². The molecule has 0 fully saturated rings. The number of alkyl halides is 3. The molecular weight excluding hydrogens is 768 g/mol. The number of cyclic esters (lactones) is 1. The number of halogens is 4. The Kier molecular flexibility index (Phi) is 10.9. The fourth-order valence-electron chi connectivity index (χ4n) is 5.27. The quantitative estimate of drug-likeness (QED) is 0.121. The van der Waals surface area contributed by atoms with Crippen molar-refractivity contribution in [2.24, 2.45) is 11.5 Å². The summed E-state index contributed by atoms with van der Waals surface area (Å²) in [4.78, 5) is 39.5. The fourth-order valence-corrected chi connectivity index (χ4v) is 6.38. The maximum atomic E-state index is 14.5. The summed E-state index contributed by atoms with van der Waals surface area (Å²) in [6.07, 6.45) is -3.72. The standard InChI is InChI=1S/C22H17FN2O4.C4H5F3NO.C2H6.CH5N.Pb/c1-9-10-3-2-4-11-13-7-25-17(19(13)24-16(18(10)11)6-15(9)23)5-12-14(21(25)27)8-29-22(28)20(12)26;1-3(8,2-9)4(5,6)7;2*1-2;/h5-6,20,26H,2-4,7-8H2,1H3;2H,1,8H2;1-2H3;2H2,1H3;. The van der Waals surface area contributed by atoms with Crippen molar-refractivity contribution in [1.82, 2.24) is 9.55 Å². The molecule has 5 N–H and O–H groups in total. The van der Waals surface area contributed by atoms with E-state index in [9.17, 15) is 37.1 Å². The Morgan fingerprint density at radius 3 is 2.33 bits per heavy atom. The van der Waals surface area contributed by atoms with E-state index in [4.69, 9.17) is 15.5 Å². The molecular formula is C29H33F4N4O5Pb. The third-order valence-electron chi connectivity index (χ3n) is 7.57. The minimum absolute atomic E-state index is 0.141. The van der Waals surface area contributed by atoms with Gasteiger partial charge in [0.1, 0.15) is 12.4 Å². The van der Waals surface area contributed by atoms with Gasteiger partial charge in [-0.25, -0.2) is 14.2 Å². The van der Waals surface area contributed by atoms with E-state index >= 15 is 0 Å². The summed E-state index contributed by atoms with van der Waals surface area (Å²) in [5.74, 6) is -1.03. The molecule has 0 amide bonds. The predicted molar refractivity (Wildman–Crippen MR) is 153 cm³/mol. The average Bonchev–Trinajstić information content (AvgIpc) is 3.38. The van der Waals surface area contributed by atoms with Crippen molar-refractivity contribution in [2.45, 2.75) is 75.0 Å². The summed E-state index contributed by atoms with van der Waals surface area (Å²) in [5, 5.41) is 11.2. The molecule has 9 nitrogen and oxygen atoms in total. The van der Waals surface area contributed by atoms with Gasteiger partial charge in [-0.1, -0.05) is 13.8 Å². The number of hydrogen-bond donors (Lipinski definition) is 3. The molecule has 0 saturated carbocycles. The number of pyridine rings is 2. The van der Waals surface area contributed by atoms with E-state index in [1.54, 1.807) is 17.6 Å². The van der Waals surface area contributed by atoms with Gasteiger partial charge in [0.15, 0.2) is 6.10 Å². The Balaban J connectivity index is 0.000000309. The van der Waals surface area contributed by atoms with Crippen LogP contribution in [0.5, 0.6) is 0 Å². The molecule has 3 aliphatic rings. The number of hydrogen-bond acceptors (Lipinski definition) is 8. The molecule has 1 aliphatic carbocycles. The zero-order valence-corrected chi connectivity index (χ0v) is 28.1. The molecule has 231 valence electrons. The maximum absolute atomic E-state index is 14.5. The number of carbonyl (C=O) groups excluding carboxylic acids is 2. The summed E-state index contributed by atoms with van der Waals surface area (Å²) in [6, 6.07) is 3.13. The van der Waals surface area contributed by atoms with Crippen LogP contribution < -0.4 is 17.0 Å². The molecule has 2 unspecified atom stereocenters. The number of aryl methyl sites for hydroxylation is 2. The van der Waals surface area contributed by atoms with Crippen LogP contribution in [0, 0.1) is 12.7 Å². The van der Waals surface area contributed by atoms with E-state index in [0.717, 1.165) is 41.3 Å². The predicted octanol–water partition coefficient (Wildman–Crippen LogP) is 3.08. The van der Waals surface area contributed by atoms with Gasteiger partial charge in [-0.05, 0) is 56.0 Å². The minimum atomic E-state index is -4.60. The molecule has 3 aromatic rings. The van der Waals surface area contributed by atoms with Gasteiger partial charge in [0.25, 0.3) is 5.56 Å². The number of aromatic nitrogens is 2. The molecule has 43 heavy (non-hydrogen) atoms. The van der Waals surface area contributed by atoms with E-state index in [1.807, 2.05) is 13.8 Å². The number of aliphatic hydroxyl groups excluding tert-OH is 1. The summed E-state index contributed by atoms with van der Waals surface area (Å²) in [5.41, 5.74) is 12.5. The van der Waals surface area contributed by atoms with Gasteiger partial charge in [-0.3, -0.25) is 4.79 Å². The number of ether oxygens (including phenoxy) is 1. The number of nitrogens with zero attached hydrogens (tertiary/aromatic N) is 2. The Bertz CT molecular complexity index is 1630.